The molecule has 1 fully saturated rings. The maximum absolute atomic E-state index is 14.2. The molecule has 1 heterocycles. The monoisotopic (exact) mass is 429 g/mol. The molecule has 0 saturated carbocycles. The summed E-state index contributed by atoms with van der Waals surface area (Å²) in [5.41, 5.74) is 0.0426. The van der Waals surface area contributed by atoms with E-state index < -0.39 is 36.0 Å². The van der Waals surface area contributed by atoms with E-state index in [1.807, 2.05) is 58.0 Å². The predicted octanol–water partition coefficient (Wildman–Crippen LogP) is 4.91. The van der Waals surface area contributed by atoms with Crippen LogP contribution in [0.4, 0.5) is 13.6 Å². The molecule has 1 amide bonds. The van der Waals surface area contributed by atoms with Crippen molar-refractivity contribution in [3.8, 4) is 0 Å². The Morgan fingerprint density at radius 3 is 2.35 bits per heavy atom. The molecule has 1 aliphatic heterocycles. The smallest absolute Gasteiger partial charge is 0.445 e. The van der Waals surface area contributed by atoms with Gasteiger partial charge < -0.3 is 19.4 Å². The molecule has 0 unspecified atom stereocenters. The summed E-state index contributed by atoms with van der Waals surface area (Å²) in [7, 11) is -0.845. The lowest BCUT2D eigenvalue weighted by Gasteiger charge is -2.32. The largest absolute Gasteiger partial charge is 0.492 e. The summed E-state index contributed by atoms with van der Waals surface area (Å²) in [5, 5.41) is 2.63. The van der Waals surface area contributed by atoms with Crippen LogP contribution < -0.4 is 5.32 Å². The van der Waals surface area contributed by atoms with Crippen LogP contribution in [0, 0.1) is 11.6 Å². The van der Waals surface area contributed by atoms with E-state index in [0.717, 1.165) is 23.8 Å². The van der Waals surface area contributed by atoms with Crippen molar-refractivity contribution in [2.45, 2.75) is 45.5 Å². The predicted molar refractivity (Wildman–Crippen MR) is 115 cm³/mol. The van der Waals surface area contributed by atoms with Crippen molar-refractivity contribution in [3.63, 3.8) is 0 Å². The number of benzene rings is 2. The Hall–Kier alpha value is -2.71. The van der Waals surface area contributed by atoms with E-state index in [-0.39, 0.29) is 18.7 Å². The highest BCUT2D eigenvalue weighted by Crippen LogP contribution is 2.38. The third kappa shape index (κ3) is 5.71. The molecule has 0 spiro atoms. The second-order valence-corrected chi connectivity index (χ2v) is 8.39. The van der Waals surface area contributed by atoms with Crippen LogP contribution in [-0.2, 0) is 20.7 Å². The molecule has 0 atom stereocenters. The van der Waals surface area contributed by atoms with Gasteiger partial charge in [-0.2, -0.15) is 0 Å². The van der Waals surface area contributed by atoms with E-state index in [1.54, 1.807) is 0 Å². The summed E-state index contributed by atoms with van der Waals surface area (Å²) in [6.07, 6.45) is 0.781. The van der Waals surface area contributed by atoms with Gasteiger partial charge in [0.15, 0.2) is 0 Å². The molecule has 0 bridgehead atoms. The van der Waals surface area contributed by atoms with Gasteiger partial charge in [0.2, 0.25) is 0 Å². The third-order valence-corrected chi connectivity index (χ3v) is 5.50. The highest BCUT2D eigenvalue weighted by Gasteiger charge is 2.52. The van der Waals surface area contributed by atoms with E-state index in [2.05, 4.69) is 5.32 Å². The number of carbonyl (C=O) groups is 1. The number of hydrogen-bond donors (Lipinski definition) is 1. The molecule has 2 aromatic rings. The van der Waals surface area contributed by atoms with Crippen molar-refractivity contribution in [1.29, 1.82) is 0 Å². The van der Waals surface area contributed by atoms with Crippen molar-refractivity contribution in [1.82, 2.24) is 5.32 Å². The molecule has 1 aliphatic rings. The zero-order chi connectivity index (χ0) is 22.6. The van der Waals surface area contributed by atoms with Crippen LogP contribution in [0.2, 0.25) is 0 Å². The van der Waals surface area contributed by atoms with Crippen LogP contribution in [0.25, 0.3) is 6.08 Å². The molecule has 1 N–H and O–H groups in total. The van der Waals surface area contributed by atoms with Gasteiger partial charge >= 0.3 is 13.2 Å². The zero-order valence-corrected chi connectivity index (χ0v) is 18.1. The van der Waals surface area contributed by atoms with E-state index in [9.17, 15) is 13.6 Å². The molecule has 2 aromatic carbocycles. The summed E-state index contributed by atoms with van der Waals surface area (Å²) in [4.78, 5) is 12.2. The summed E-state index contributed by atoms with van der Waals surface area (Å²) in [6.45, 7) is 7.62. The minimum absolute atomic E-state index is 0.0274. The topological polar surface area (TPSA) is 56.8 Å². The van der Waals surface area contributed by atoms with E-state index in [1.165, 1.54) is 6.08 Å². The zero-order valence-electron chi connectivity index (χ0n) is 18.1. The van der Waals surface area contributed by atoms with E-state index >= 15 is 0 Å². The summed E-state index contributed by atoms with van der Waals surface area (Å²) in [6, 6.07) is 12.4. The first-order valence-electron chi connectivity index (χ1n) is 10.0. The van der Waals surface area contributed by atoms with E-state index in [0.29, 0.717) is 5.47 Å². The van der Waals surface area contributed by atoms with Crippen molar-refractivity contribution < 1.29 is 27.6 Å². The number of nitrogens with one attached hydrogen (secondary N) is 1. The number of amides is 1. The van der Waals surface area contributed by atoms with Gasteiger partial charge in [0.25, 0.3) is 0 Å². The molecular formula is C23H26BF2NO4. The van der Waals surface area contributed by atoms with Crippen LogP contribution in [0.5, 0.6) is 0 Å². The Kier molecular flexibility index (Phi) is 6.82. The summed E-state index contributed by atoms with van der Waals surface area (Å²) in [5.74, 6) is -1.17. The average molecular weight is 429 g/mol. The molecular weight excluding hydrogens is 403 g/mol. The Morgan fingerprint density at radius 1 is 1.06 bits per heavy atom. The van der Waals surface area contributed by atoms with Crippen molar-refractivity contribution >= 4 is 19.3 Å². The lowest BCUT2D eigenvalue weighted by molar-refractivity contribution is 0.00578. The second kappa shape index (κ2) is 9.20. The number of hydrogen-bond acceptors (Lipinski definition) is 4. The molecule has 164 valence electrons. The minimum Gasteiger partial charge on any atom is -0.445 e. The standard InChI is InChI=1S/C23H26BF2NO4/c1-22(2)23(3,4)31-24(30-22)18(12-17-13-19(25)10-11-20(17)26)14-27-21(28)29-15-16-8-6-5-7-9-16/h5-13H,14-15H2,1-4H3,(H,27,28). The fraction of sp³-hybridized carbons (Fsp3) is 0.348. The lowest BCUT2D eigenvalue weighted by atomic mass is 9.77. The number of ether oxygens (including phenoxy) is 1. The van der Waals surface area contributed by atoms with Gasteiger partial charge in [0.1, 0.15) is 18.2 Å². The fourth-order valence-corrected chi connectivity index (χ4v) is 2.97. The van der Waals surface area contributed by atoms with Gasteiger partial charge in [0.05, 0.1) is 11.2 Å². The Bertz CT molecular complexity index is 947. The maximum Gasteiger partial charge on any atom is 0.492 e. The third-order valence-electron chi connectivity index (χ3n) is 5.50. The summed E-state index contributed by atoms with van der Waals surface area (Å²) < 4.78 is 45.2. The van der Waals surface area contributed by atoms with Crippen LogP contribution in [0.3, 0.4) is 0 Å². The number of halogens is 2. The van der Waals surface area contributed by atoms with Crippen LogP contribution in [-0.4, -0.2) is 31.0 Å². The van der Waals surface area contributed by atoms with Crippen LogP contribution >= 0.6 is 0 Å². The van der Waals surface area contributed by atoms with Gasteiger partial charge in [-0.3, -0.25) is 0 Å². The Balaban J connectivity index is 1.75. The SMILES string of the molecule is CC1(C)OB(C(=Cc2cc(F)ccc2F)CNC(=O)OCc2ccccc2)OC1(C)C. The van der Waals surface area contributed by atoms with Gasteiger partial charge in [-0.1, -0.05) is 36.4 Å². The molecule has 0 aliphatic carbocycles. The summed E-state index contributed by atoms with van der Waals surface area (Å²) >= 11 is 0. The molecule has 1 saturated heterocycles. The van der Waals surface area contributed by atoms with E-state index in [4.69, 9.17) is 14.0 Å². The highest BCUT2D eigenvalue weighted by molar-refractivity contribution is 6.56. The van der Waals surface area contributed by atoms with Gasteiger partial charge in [-0.15, -0.1) is 0 Å². The lowest BCUT2D eigenvalue weighted by Crippen LogP contribution is -2.41. The normalized spacial score (nSPS) is 17.5. The van der Waals surface area contributed by atoms with Gasteiger partial charge in [-0.25, -0.2) is 13.6 Å². The first-order chi connectivity index (χ1) is 14.6. The van der Waals surface area contributed by atoms with Crippen molar-refractivity contribution in [2.75, 3.05) is 6.54 Å². The Labute approximate surface area is 181 Å². The van der Waals surface area contributed by atoms with Crippen molar-refractivity contribution in [2.24, 2.45) is 0 Å². The molecule has 8 heteroatoms. The first-order valence-corrected chi connectivity index (χ1v) is 10.0. The molecule has 0 aromatic heterocycles. The molecule has 5 nitrogen and oxygen atoms in total. The average Bonchev–Trinajstić information content (AvgIpc) is 2.94. The van der Waals surface area contributed by atoms with Gasteiger partial charge in [0, 0.05) is 12.1 Å². The quantitative estimate of drug-likeness (QED) is 0.664. The van der Waals surface area contributed by atoms with Crippen LogP contribution in [0.1, 0.15) is 38.8 Å². The van der Waals surface area contributed by atoms with Crippen molar-refractivity contribution in [3.05, 3.63) is 76.8 Å². The van der Waals surface area contributed by atoms with Gasteiger partial charge in [-0.05, 0) is 56.9 Å². The second-order valence-electron chi connectivity index (χ2n) is 8.39. The number of carbonyl (C=O) groups excluding carboxylic acids is 1. The minimum atomic E-state index is -0.845. The Morgan fingerprint density at radius 2 is 1.71 bits per heavy atom. The number of rotatable bonds is 6. The number of alkyl carbamates (subject to hydrolysis) is 1. The highest BCUT2D eigenvalue weighted by atomic mass is 19.1. The fourth-order valence-electron chi connectivity index (χ4n) is 2.97. The first kappa shape index (κ1) is 23.0. The molecule has 3 rings (SSSR count). The van der Waals surface area contributed by atoms with Crippen LogP contribution in [0.15, 0.2) is 54.0 Å². The maximum atomic E-state index is 14.2. The molecule has 0 radical (unpaired) electrons. The molecule has 31 heavy (non-hydrogen) atoms.